The van der Waals surface area contributed by atoms with Crippen LogP contribution in [0.4, 0.5) is 19.0 Å². The summed E-state index contributed by atoms with van der Waals surface area (Å²) in [6.07, 6.45) is 1.17. The fourth-order valence-electron chi connectivity index (χ4n) is 4.30. The molecule has 2 saturated heterocycles. The SMILES string of the molecule is O=C(C1CCN(c2ncc(C(F)(F)F)cc2Cl)CC1)N1CCCC1c1ccccn1. The Labute approximate surface area is 177 Å². The molecule has 1 atom stereocenters. The Morgan fingerprint density at radius 2 is 1.87 bits per heavy atom. The number of nitrogens with zero attached hydrogens (tertiary/aromatic N) is 4. The number of carbonyl (C=O) groups excluding carboxylic acids is 1. The second kappa shape index (κ2) is 8.41. The first kappa shape index (κ1) is 20.9. The van der Waals surface area contributed by atoms with E-state index in [1.807, 2.05) is 28.0 Å². The van der Waals surface area contributed by atoms with Gasteiger partial charge in [-0.05, 0) is 43.9 Å². The molecule has 2 aromatic rings. The van der Waals surface area contributed by atoms with Gasteiger partial charge in [0.2, 0.25) is 5.91 Å². The van der Waals surface area contributed by atoms with Gasteiger partial charge in [-0.25, -0.2) is 4.98 Å². The number of likely N-dealkylation sites (tertiary alicyclic amines) is 1. The number of anilines is 1. The number of piperidine rings is 1. The Bertz CT molecular complexity index is 901. The van der Waals surface area contributed by atoms with E-state index < -0.39 is 11.7 Å². The molecule has 2 aliphatic heterocycles. The summed E-state index contributed by atoms with van der Waals surface area (Å²) in [6, 6.07) is 6.67. The minimum Gasteiger partial charge on any atom is -0.355 e. The maximum absolute atomic E-state index is 13.2. The van der Waals surface area contributed by atoms with Gasteiger partial charge in [0.05, 0.1) is 22.3 Å². The average Bonchev–Trinajstić information content (AvgIpc) is 3.23. The predicted molar refractivity (Wildman–Crippen MR) is 107 cm³/mol. The highest BCUT2D eigenvalue weighted by molar-refractivity contribution is 6.33. The molecule has 30 heavy (non-hydrogen) atoms. The molecule has 4 heterocycles. The van der Waals surface area contributed by atoms with Crippen LogP contribution in [-0.4, -0.2) is 40.4 Å². The van der Waals surface area contributed by atoms with Gasteiger partial charge in [0, 0.05) is 37.9 Å². The molecular weight excluding hydrogens is 417 g/mol. The Hall–Kier alpha value is -2.35. The fourth-order valence-corrected chi connectivity index (χ4v) is 4.59. The number of rotatable bonds is 3. The monoisotopic (exact) mass is 438 g/mol. The largest absolute Gasteiger partial charge is 0.417 e. The smallest absolute Gasteiger partial charge is 0.355 e. The quantitative estimate of drug-likeness (QED) is 0.695. The Kier molecular flexibility index (Phi) is 5.86. The number of hydrogen-bond donors (Lipinski definition) is 0. The predicted octanol–water partition coefficient (Wildman–Crippen LogP) is 4.73. The van der Waals surface area contributed by atoms with Gasteiger partial charge in [-0.3, -0.25) is 9.78 Å². The third-order valence-electron chi connectivity index (χ3n) is 5.86. The molecule has 0 spiro atoms. The second-order valence-corrected chi connectivity index (χ2v) is 8.14. The first-order valence-electron chi connectivity index (χ1n) is 10.0. The van der Waals surface area contributed by atoms with Gasteiger partial charge in [-0.15, -0.1) is 0 Å². The zero-order chi connectivity index (χ0) is 21.3. The number of aromatic nitrogens is 2. The molecule has 2 aliphatic rings. The second-order valence-electron chi connectivity index (χ2n) is 7.73. The van der Waals surface area contributed by atoms with Crippen LogP contribution in [0.3, 0.4) is 0 Å². The van der Waals surface area contributed by atoms with E-state index in [4.69, 9.17) is 11.6 Å². The van der Waals surface area contributed by atoms with Crippen LogP contribution in [0.1, 0.15) is 43.0 Å². The number of halogens is 4. The maximum Gasteiger partial charge on any atom is 0.417 e. The average molecular weight is 439 g/mol. The summed E-state index contributed by atoms with van der Waals surface area (Å²) < 4.78 is 38.5. The molecule has 2 aromatic heterocycles. The summed E-state index contributed by atoms with van der Waals surface area (Å²) in [6.45, 7) is 1.78. The summed E-state index contributed by atoms with van der Waals surface area (Å²) in [4.78, 5) is 25.3. The summed E-state index contributed by atoms with van der Waals surface area (Å²) in [5.74, 6) is 0.358. The molecule has 0 radical (unpaired) electrons. The Morgan fingerprint density at radius 3 is 2.50 bits per heavy atom. The lowest BCUT2D eigenvalue weighted by atomic mass is 9.94. The van der Waals surface area contributed by atoms with Crippen LogP contribution in [0.2, 0.25) is 5.02 Å². The van der Waals surface area contributed by atoms with Crippen LogP contribution in [0.15, 0.2) is 36.7 Å². The van der Waals surface area contributed by atoms with Crippen LogP contribution < -0.4 is 4.90 Å². The fraction of sp³-hybridized carbons (Fsp3) is 0.476. The summed E-state index contributed by atoms with van der Waals surface area (Å²) in [5, 5.41) is -0.0237. The molecule has 0 bridgehead atoms. The van der Waals surface area contributed by atoms with E-state index in [0.717, 1.165) is 37.3 Å². The molecule has 160 valence electrons. The topological polar surface area (TPSA) is 49.3 Å². The molecule has 1 unspecified atom stereocenters. The van der Waals surface area contributed by atoms with Gasteiger partial charge in [0.15, 0.2) is 0 Å². The molecule has 1 amide bonds. The number of amides is 1. The van der Waals surface area contributed by atoms with Crippen molar-refractivity contribution in [1.29, 1.82) is 0 Å². The van der Waals surface area contributed by atoms with E-state index in [-0.39, 0.29) is 22.9 Å². The van der Waals surface area contributed by atoms with Gasteiger partial charge in [-0.1, -0.05) is 17.7 Å². The molecule has 4 rings (SSSR count). The molecule has 2 fully saturated rings. The molecule has 5 nitrogen and oxygen atoms in total. The normalized spacial score (nSPS) is 20.6. The van der Waals surface area contributed by atoms with E-state index >= 15 is 0 Å². The van der Waals surface area contributed by atoms with Crippen molar-refractivity contribution >= 4 is 23.3 Å². The van der Waals surface area contributed by atoms with Crippen molar-refractivity contribution in [2.24, 2.45) is 5.92 Å². The number of hydrogen-bond acceptors (Lipinski definition) is 4. The lowest BCUT2D eigenvalue weighted by Gasteiger charge is -2.35. The van der Waals surface area contributed by atoms with E-state index in [9.17, 15) is 18.0 Å². The number of alkyl halides is 3. The number of carbonyl (C=O) groups is 1. The molecule has 0 aliphatic carbocycles. The number of pyridine rings is 2. The van der Waals surface area contributed by atoms with Crippen molar-refractivity contribution in [3.8, 4) is 0 Å². The Morgan fingerprint density at radius 1 is 1.10 bits per heavy atom. The van der Waals surface area contributed by atoms with Crippen molar-refractivity contribution in [3.05, 3.63) is 52.9 Å². The first-order chi connectivity index (χ1) is 14.3. The van der Waals surface area contributed by atoms with Crippen LogP contribution >= 0.6 is 11.6 Å². The van der Waals surface area contributed by atoms with Crippen molar-refractivity contribution in [1.82, 2.24) is 14.9 Å². The summed E-state index contributed by atoms with van der Waals surface area (Å²) in [7, 11) is 0. The first-order valence-corrected chi connectivity index (χ1v) is 10.4. The molecule has 9 heteroatoms. The molecule has 0 saturated carbocycles. The maximum atomic E-state index is 13.2. The lowest BCUT2D eigenvalue weighted by Crippen LogP contribution is -2.42. The molecule has 0 aromatic carbocycles. The zero-order valence-electron chi connectivity index (χ0n) is 16.3. The van der Waals surface area contributed by atoms with Crippen LogP contribution in [0, 0.1) is 5.92 Å². The highest BCUT2D eigenvalue weighted by Crippen LogP contribution is 2.36. The van der Waals surface area contributed by atoms with Gasteiger partial charge >= 0.3 is 6.18 Å². The van der Waals surface area contributed by atoms with Gasteiger partial charge in [0.1, 0.15) is 5.82 Å². The standard InChI is InChI=1S/C21H22ClF3N4O/c22-16-12-15(21(23,24)25)13-27-19(16)28-10-6-14(7-11-28)20(30)29-9-3-5-18(29)17-4-1-2-8-26-17/h1-2,4,8,12-14,18H,3,5-7,9-11H2. The van der Waals surface area contributed by atoms with Crippen molar-refractivity contribution in [2.75, 3.05) is 24.5 Å². The third kappa shape index (κ3) is 4.24. The Balaban J connectivity index is 1.40. The van der Waals surface area contributed by atoms with E-state index in [0.29, 0.717) is 31.7 Å². The van der Waals surface area contributed by atoms with Gasteiger partial charge < -0.3 is 9.80 Å². The minimum absolute atomic E-state index is 0.0164. The van der Waals surface area contributed by atoms with Crippen molar-refractivity contribution in [3.63, 3.8) is 0 Å². The van der Waals surface area contributed by atoms with E-state index in [2.05, 4.69) is 9.97 Å². The lowest BCUT2D eigenvalue weighted by molar-refractivity contribution is -0.138. The molecular formula is C21H22ClF3N4O. The third-order valence-corrected chi connectivity index (χ3v) is 6.14. The molecule has 0 N–H and O–H groups in total. The minimum atomic E-state index is -4.48. The van der Waals surface area contributed by atoms with Crippen LogP contribution in [0.5, 0.6) is 0 Å². The van der Waals surface area contributed by atoms with E-state index in [1.54, 1.807) is 6.20 Å². The highest BCUT2D eigenvalue weighted by atomic mass is 35.5. The van der Waals surface area contributed by atoms with Crippen LogP contribution in [0.25, 0.3) is 0 Å². The summed E-state index contributed by atoms with van der Waals surface area (Å²) in [5.41, 5.74) is 0.0532. The zero-order valence-corrected chi connectivity index (χ0v) is 17.0. The van der Waals surface area contributed by atoms with E-state index in [1.165, 1.54) is 0 Å². The summed E-state index contributed by atoms with van der Waals surface area (Å²) >= 11 is 6.07. The van der Waals surface area contributed by atoms with Gasteiger partial charge in [-0.2, -0.15) is 13.2 Å². The van der Waals surface area contributed by atoms with Crippen molar-refractivity contribution in [2.45, 2.75) is 37.9 Å². The van der Waals surface area contributed by atoms with Gasteiger partial charge in [0.25, 0.3) is 0 Å². The van der Waals surface area contributed by atoms with Crippen LogP contribution in [-0.2, 0) is 11.0 Å². The highest BCUT2D eigenvalue weighted by Gasteiger charge is 2.37. The van der Waals surface area contributed by atoms with Crippen molar-refractivity contribution < 1.29 is 18.0 Å².